The van der Waals surface area contributed by atoms with Crippen LogP contribution in [0.5, 0.6) is 0 Å². The van der Waals surface area contributed by atoms with Gasteiger partial charge in [-0.05, 0) is 24.2 Å². The fourth-order valence-electron chi connectivity index (χ4n) is 2.94. The van der Waals surface area contributed by atoms with Crippen molar-refractivity contribution in [3.8, 4) is 0 Å². The van der Waals surface area contributed by atoms with E-state index in [9.17, 15) is 0 Å². The predicted molar refractivity (Wildman–Crippen MR) is 65.3 cm³/mol. The lowest BCUT2D eigenvalue weighted by Crippen LogP contribution is -2.36. The molecule has 3 aliphatic rings. The van der Waals surface area contributed by atoms with Gasteiger partial charge in [-0.3, -0.25) is 0 Å². The molecule has 0 aromatic heterocycles. The first kappa shape index (κ1) is 8.67. The maximum atomic E-state index is 2.55. The van der Waals surface area contributed by atoms with E-state index in [4.69, 9.17) is 0 Å². The van der Waals surface area contributed by atoms with Crippen molar-refractivity contribution < 1.29 is 0 Å². The first-order chi connectivity index (χ1) is 5.71. The van der Waals surface area contributed by atoms with Crippen molar-refractivity contribution in [2.45, 2.75) is 18.9 Å². The number of piperidine rings is 1. The zero-order chi connectivity index (χ0) is 8.34. The SMILES string of the molecule is IN1CCC23CC2C(C1)N(I)C3. The minimum absolute atomic E-state index is 0.770. The average molecular weight is 390 g/mol. The first-order valence-corrected chi connectivity index (χ1v) is 6.47. The van der Waals surface area contributed by atoms with Gasteiger partial charge in [0.2, 0.25) is 0 Å². The van der Waals surface area contributed by atoms with Crippen molar-refractivity contribution in [3.05, 3.63) is 0 Å². The Balaban J connectivity index is 1.88. The van der Waals surface area contributed by atoms with E-state index in [1.807, 2.05) is 0 Å². The normalized spacial score (nSPS) is 53.5. The summed E-state index contributed by atoms with van der Waals surface area (Å²) in [6, 6.07) is 0.866. The molecule has 2 saturated heterocycles. The number of hydrogen-bond acceptors (Lipinski definition) is 2. The van der Waals surface area contributed by atoms with Crippen LogP contribution in [0.3, 0.4) is 0 Å². The van der Waals surface area contributed by atoms with E-state index in [0.29, 0.717) is 0 Å². The highest BCUT2D eigenvalue weighted by molar-refractivity contribution is 14.1. The summed E-state index contributed by atoms with van der Waals surface area (Å²) in [6.07, 6.45) is 2.97. The Bertz CT molecular complexity index is 223. The molecule has 2 bridgehead atoms. The topological polar surface area (TPSA) is 6.48 Å². The van der Waals surface area contributed by atoms with Crippen molar-refractivity contribution in [3.63, 3.8) is 0 Å². The molecule has 3 rings (SSSR count). The summed E-state index contributed by atoms with van der Waals surface area (Å²) in [5.41, 5.74) is 0.770. The van der Waals surface area contributed by atoms with Crippen LogP contribution < -0.4 is 0 Å². The Morgan fingerprint density at radius 3 is 3.00 bits per heavy atom. The third-order valence-electron chi connectivity index (χ3n) is 3.78. The van der Waals surface area contributed by atoms with Gasteiger partial charge in [-0.25, -0.2) is 6.23 Å². The van der Waals surface area contributed by atoms with E-state index in [1.165, 1.54) is 32.5 Å². The van der Waals surface area contributed by atoms with Gasteiger partial charge in [0.05, 0.1) is 0 Å². The van der Waals surface area contributed by atoms with Gasteiger partial charge in [-0.2, -0.15) is 0 Å². The highest BCUT2D eigenvalue weighted by atomic mass is 127. The van der Waals surface area contributed by atoms with Crippen LogP contribution in [0.4, 0.5) is 0 Å². The summed E-state index contributed by atoms with van der Waals surface area (Å²) in [6.45, 7) is 3.97. The lowest BCUT2D eigenvalue weighted by molar-refractivity contribution is 0.302. The Kier molecular flexibility index (Phi) is 1.95. The lowest BCUT2D eigenvalue weighted by Gasteiger charge is -2.27. The van der Waals surface area contributed by atoms with Crippen LogP contribution in [0.1, 0.15) is 12.8 Å². The third kappa shape index (κ3) is 1.10. The molecule has 0 N–H and O–H groups in total. The summed E-state index contributed by atoms with van der Waals surface area (Å²) >= 11 is 5.00. The molecule has 2 heterocycles. The van der Waals surface area contributed by atoms with Crippen LogP contribution in [0.2, 0.25) is 0 Å². The van der Waals surface area contributed by atoms with E-state index >= 15 is 0 Å². The van der Waals surface area contributed by atoms with E-state index < -0.39 is 0 Å². The van der Waals surface area contributed by atoms with Crippen molar-refractivity contribution in [1.29, 1.82) is 0 Å². The molecule has 0 aromatic rings. The molecule has 3 fully saturated rings. The standard InChI is InChI=1S/C8H12I2N2/c9-11-2-1-8-3-6(8)7(4-11)12(10)5-8/h6-7H,1-5H2. The van der Waals surface area contributed by atoms with Gasteiger partial charge in [0.15, 0.2) is 0 Å². The second kappa shape index (κ2) is 2.70. The zero-order valence-electron chi connectivity index (χ0n) is 6.84. The van der Waals surface area contributed by atoms with Crippen molar-refractivity contribution in [2.75, 3.05) is 19.6 Å². The van der Waals surface area contributed by atoms with Gasteiger partial charge in [0.25, 0.3) is 0 Å². The second-order valence-electron chi connectivity index (χ2n) is 4.42. The molecule has 1 saturated carbocycles. The van der Waals surface area contributed by atoms with E-state index in [1.54, 1.807) is 0 Å². The molecule has 2 aliphatic heterocycles. The highest BCUT2D eigenvalue weighted by Gasteiger charge is 2.65. The van der Waals surface area contributed by atoms with Gasteiger partial charge in [0, 0.05) is 71.4 Å². The van der Waals surface area contributed by atoms with E-state index in [0.717, 1.165) is 17.4 Å². The molecule has 3 atom stereocenters. The minimum atomic E-state index is 0.770. The molecule has 0 amide bonds. The summed E-state index contributed by atoms with van der Waals surface area (Å²) in [5, 5.41) is 0. The Hall–Kier alpha value is 1.38. The van der Waals surface area contributed by atoms with Crippen LogP contribution >= 0.6 is 45.7 Å². The Labute approximate surface area is 101 Å². The molecule has 3 unspecified atom stereocenters. The molecular weight excluding hydrogens is 378 g/mol. The number of nitrogens with zero attached hydrogens (tertiary/aromatic N) is 2. The van der Waals surface area contributed by atoms with Gasteiger partial charge in [-0.15, -0.1) is 0 Å². The molecule has 12 heavy (non-hydrogen) atoms. The van der Waals surface area contributed by atoms with Crippen LogP contribution in [0.25, 0.3) is 0 Å². The van der Waals surface area contributed by atoms with Crippen molar-refractivity contribution in [2.24, 2.45) is 11.3 Å². The molecule has 1 aliphatic carbocycles. The monoisotopic (exact) mass is 390 g/mol. The van der Waals surface area contributed by atoms with Gasteiger partial charge in [-0.1, -0.05) is 0 Å². The maximum absolute atomic E-state index is 2.55. The highest BCUT2D eigenvalue weighted by Crippen LogP contribution is 2.65. The smallest absolute Gasteiger partial charge is 0.0364 e. The Morgan fingerprint density at radius 1 is 1.33 bits per heavy atom. The Morgan fingerprint density at radius 2 is 2.17 bits per heavy atom. The average Bonchev–Trinajstić information content (AvgIpc) is 2.65. The van der Waals surface area contributed by atoms with Crippen molar-refractivity contribution >= 4 is 45.7 Å². The molecule has 68 valence electrons. The fraction of sp³-hybridized carbons (Fsp3) is 1.00. The number of rotatable bonds is 0. The third-order valence-corrected chi connectivity index (χ3v) is 5.71. The first-order valence-electron chi connectivity index (χ1n) is 4.54. The van der Waals surface area contributed by atoms with E-state index in [-0.39, 0.29) is 0 Å². The molecular formula is C8H12I2N2. The molecule has 0 spiro atoms. The van der Waals surface area contributed by atoms with Crippen LogP contribution in [-0.2, 0) is 0 Å². The molecule has 4 heteroatoms. The lowest BCUT2D eigenvalue weighted by atomic mass is 10.0. The zero-order valence-corrected chi connectivity index (χ0v) is 11.2. The summed E-state index contributed by atoms with van der Waals surface area (Å²) in [7, 11) is 0. The molecule has 0 aromatic carbocycles. The summed E-state index contributed by atoms with van der Waals surface area (Å²) < 4.78 is 5.03. The predicted octanol–water partition coefficient (Wildman–Crippen LogP) is 2.08. The minimum Gasteiger partial charge on any atom is -0.246 e. The van der Waals surface area contributed by atoms with Gasteiger partial charge >= 0.3 is 0 Å². The van der Waals surface area contributed by atoms with Gasteiger partial charge < -0.3 is 0 Å². The second-order valence-corrected chi connectivity index (χ2v) is 7.02. The molecule has 0 radical (unpaired) electrons. The largest absolute Gasteiger partial charge is 0.246 e. The van der Waals surface area contributed by atoms with Gasteiger partial charge in [0.1, 0.15) is 0 Å². The summed E-state index contributed by atoms with van der Waals surface area (Å²) in [5.74, 6) is 1.05. The van der Waals surface area contributed by atoms with E-state index in [2.05, 4.69) is 52.0 Å². The fourth-order valence-corrected chi connectivity index (χ4v) is 4.83. The number of halogens is 2. The van der Waals surface area contributed by atoms with Crippen LogP contribution in [0, 0.1) is 11.3 Å². The number of hydrogen-bond donors (Lipinski definition) is 0. The maximum Gasteiger partial charge on any atom is 0.0364 e. The summed E-state index contributed by atoms with van der Waals surface area (Å²) in [4.78, 5) is 0. The van der Waals surface area contributed by atoms with Crippen LogP contribution in [-0.4, -0.2) is 31.9 Å². The quantitative estimate of drug-likeness (QED) is 0.462. The van der Waals surface area contributed by atoms with Crippen LogP contribution in [0.15, 0.2) is 0 Å². The van der Waals surface area contributed by atoms with Crippen molar-refractivity contribution in [1.82, 2.24) is 6.23 Å². The molecule has 2 nitrogen and oxygen atoms in total.